The third kappa shape index (κ3) is 6.51. The van der Waals surface area contributed by atoms with Crippen LogP contribution in [-0.2, 0) is 4.74 Å². The smallest absolute Gasteiger partial charge is 0.412 e. The minimum Gasteiger partial charge on any atom is -0.457 e. The molecule has 3 rings (SSSR count). The van der Waals surface area contributed by atoms with E-state index in [1.54, 1.807) is 87.5 Å². The normalized spacial score (nSPS) is 10.4. The van der Waals surface area contributed by atoms with Crippen molar-refractivity contribution in [3.8, 4) is 35.1 Å². The van der Waals surface area contributed by atoms with Gasteiger partial charge in [0.2, 0.25) is 0 Å². The molecule has 0 spiro atoms. The third-order valence-electron chi connectivity index (χ3n) is 3.96. The zero-order chi connectivity index (χ0) is 23.1. The Kier molecular flexibility index (Phi) is 6.62. The van der Waals surface area contributed by atoms with E-state index in [4.69, 9.17) is 24.7 Å². The van der Waals surface area contributed by atoms with Gasteiger partial charge in [-0.05, 0) is 69.3 Å². The van der Waals surface area contributed by atoms with Crippen molar-refractivity contribution in [3.05, 3.63) is 77.9 Å². The van der Waals surface area contributed by atoms with Crippen molar-refractivity contribution >= 4 is 11.8 Å². The molecule has 0 radical (unpaired) electrons. The highest BCUT2D eigenvalue weighted by molar-refractivity contribution is 5.85. The second kappa shape index (κ2) is 9.55. The Bertz CT molecular complexity index is 1100. The number of hydrogen-bond acceptors (Lipinski definition) is 6. The number of hydrogen-bond donors (Lipinski definition) is 1. The molecule has 0 aliphatic heterocycles. The lowest BCUT2D eigenvalue weighted by Gasteiger charge is -2.20. The van der Waals surface area contributed by atoms with Crippen LogP contribution in [0.2, 0.25) is 0 Å². The van der Waals surface area contributed by atoms with Crippen molar-refractivity contribution in [1.82, 2.24) is 0 Å². The zero-order valence-electron chi connectivity index (χ0n) is 17.9. The number of ether oxygens (including phenoxy) is 3. The summed E-state index contributed by atoms with van der Waals surface area (Å²) < 4.78 is 17.1. The minimum absolute atomic E-state index is 0.409. The van der Waals surface area contributed by atoms with E-state index in [2.05, 4.69) is 17.5 Å². The van der Waals surface area contributed by atoms with Gasteiger partial charge in [0.1, 0.15) is 28.6 Å². The predicted octanol–water partition coefficient (Wildman–Crippen LogP) is 6.36. The molecule has 32 heavy (non-hydrogen) atoms. The van der Waals surface area contributed by atoms with Crippen LogP contribution >= 0.6 is 0 Å². The molecule has 7 heteroatoms. The highest BCUT2D eigenvalue weighted by Gasteiger charge is 2.17. The standard InChI is InChI=1S/C25H21N3O4/c1-25(2,3)32-24(29)28-19-12-22(30-20-8-4-17(15-26)5-9-20)14-23(13-19)31-21-10-6-18(16-27)7-11-21/h4-14H,1-3H3,(H,28,29). The Morgan fingerprint density at radius 2 is 1.19 bits per heavy atom. The van der Waals surface area contributed by atoms with E-state index in [0.29, 0.717) is 39.8 Å². The number of nitrogens with one attached hydrogen (secondary N) is 1. The van der Waals surface area contributed by atoms with Crippen LogP contribution in [0, 0.1) is 22.7 Å². The van der Waals surface area contributed by atoms with Crippen molar-refractivity contribution in [3.63, 3.8) is 0 Å². The largest absolute Gasteiger partial charge is 0.457 e. The number of benzene rings is 3. The summed E-state index contributed by atoms with van der Waals surface area (Å²) in [7, 11) is 0. The molecule has 0 saturated carbocycles. The van der Waals surface area contributed by atoms with Gasteiger partial charge < -0.3 is 14.2 Å². The summed E-state index contributed by atoms with van der Waals surface area (Å²) in [5, 5.41) is 20.6. The lowest BCUT2D eigenvalue weighted by Crippen LogP contribution is -2.27. The summed E-state index contributed by atoms with van der Waals surface area (Å²) in [5.41, 5.74) is 0.793. The first-order chi connectivity index (χ1) is 15.2. The molecule has 1 amide bonds. The number of nitrogens with zero attached hydrogens (tertiary/aromatic N) is 2. The zero-order valence-corrected chi connectivity index (χ0v) is 17.9. The Labute approximate surface area is 186 Å². The highest BCUT2D eigenvalue weighted by Crippen LogP contribution is 2.33. The molecule has 0 aliphatic rings. The quantitative estimate of drug-likeness (QED) is 0.508. The van der Waals surface area contributed by atoms with Gasteiger partial charge in [-0.3, -0.25) is 5.32 Å². The number of carbonyl (C=O) groups excluding carboxylic acids is 1. The Hall–Kier alpha value is -4.49. The van der Waals surface area contributed by atoms with Gasteiger partial charge in [0, 0.05) is 18.2 Å². The summed E-state index contributed by atoms with van der Waals surface area (Å²) >= 11 is 0. The van der Waals surface area contributed by atoms with Crippen LogP contribution in [0.15, 0.2) is 66.7 Å². The maximum atomic E-state index is 12.2. The predicted molar refractivity (Wildman–Crippen MR) is 119 cm³/mol. The van der Waals surface area contributed by atoms with Crippen molar-refractivity contribution in [2.75, 3.05) is 5.32 Å². The molecule has 0 heterocycles. The summed E-state index contributed by atoms with van der Waals surface area (Å²) in [6.45, 7) is 5.32. The Balaban J connectivity index is 1.87. The molecule has 160 valence electrons. The first-order valence-corrected chi connectivity index (χ1v) is 9.75. The van der Waals surface area contributed by atoms with Crippen LogP contribution in [0.3, 0.4) is 0 Å². The summed E-state index contributed by atoms with van der Waals surface area (Å²) in [5.74, 6) is 1.85. The van der Waals surface area contributed by atoms with Crippen LogP contribution in [0.1, 0.15) is 31.9 Å². The van der Waals surface area contributed by atoms with E-state index in [-0.39, 0.29) is 0 Å². The fourth-order valence-electron chi connectivity index (χ4n) is 2.65. The molecular weight excluding hydrogens is 406 g/mol. The molecule has 0 aromatic heterocycles. The van der Waals surface area contributed by atoms with Gasteiger partial charge in [0.25, 0.3) is 0 Å². The Morgan fingerprint density at radius 3 is 1.56 bits per heavy atom. The first-order valence-electron chi connectivity index (χ1n) is 9.75. The summed E-state index contributed by atoms with van der Waals surface area (Å²) in [4.78, 5) is 12.2. The van der Waals surface area contributed by atoms with E-state index >= 15 is 0 Å². The van der Waals surface area contributed by atoms with Crippen molar-refractivity contribution in [2.45, 2.75) is 26.4 Å². The van der Waals surface area contributed by atoms with Crippen LogP contribution in [0.25, 0.3) is 0 Å². The lowest BCUT2D eigenvalue weighted by molar-refractivity contribution is 0.0636. The van der Waals surface area contributed by atoms with Gasteiger partial charge in [-0.2, -0.15) is 10.5 Å². The third-order valence-corrected chi connectivity index (χ3v) is 3.96. The van der Waals surface area contributed by atoms with Gasteiger partial charge in [-0.15, -0.1) is 0 Å². The molecule has 3 aromatic carbocycles. The molecule has 7 nitrogen and oxygen atoms in total. The molecular formula is C25H21N3O4. The molecule has 0 fully saturated rings. The average molecular weight is 427 g/mol. The van der Waals surface area contributed by atoms with Crippen LogP contribution < -0.4 is 14.8 Å². The van der Waals surface area contributed by atoms with E-state index in [1.807, 2.05) is 0 Å². The number of amides is 1. The highest BCUT2D eigenvalue weighted by atomic mass is 16.6. The fraction of sp³-hybridized carbons (Fsp3) is 0.160. The SMILES string of the molecule is CC(C)(C)OC(=O)Nc1cc(Oc2ccc(C#N)cc2)cc(Oc2ccc(C#N)cc2)c1. The van der Waals surface area contributed by atoms with E-state index in [9.17, 15) is 4.79 Å². The minimum atomic E-state index is -0.650. The molecule has 0 saturated heterocycles. The van der Waals surface area contributed by atoms with Crippen molar-refractivity contribution < 1.29 is 19.0 Å². The monoisotopic (exact) mass is 427 g/mol. The Morgan fingerprint density at radius 1 is 0.750 bits per heavy atom. The fourth-order valence-corrected chi connectivity index (χ4v) is 2.65. The second-order valence-corrected chi connectivity index (χ2v) is 7.80. The van der Waals surface area contributed by atoms with E-state index < -0.39 is 11.7 Å². The van der Waals surface area contributed by atoms with Gasteiger partial charge in [0.15, 0.2) is 0 Å². The molecule has 1 N–H and O–H groups in total. The lowest BCUT2D eigenvalue weighted by atomic mass is 10.2. The first kappa shape index (κ1) is 22.2. The number of anilines is 1. The van der Waals surface area contributed by atoms with Crippen molar-refractivity contribution in [1.29, 1.82) is 10.5 Å². The van der Waals surface area contributed by atoms with Crippen molar-refractivity contribution in [2.24, 2.45) is 0 Å². The number of carbonyl (C=O) groups is 1. The van der Waals surface area contributed by atoms with Gasteiger partial charge in [0.05, 0.1) is 29.0 Å². The molecule has 3 aromatic rings. The van der Waals surface area contributed by atoms with Gasteiger partial charge in [-0.25, -0.2) is 4.79 Å². The number of rotatable bonds is 5. The maximum absolute atomic E-state index is 12.2. The molecule has 0 bridgehead atoms. The van der Waals surface area contributed by atoms with Crippen LogP contribution in [0.4, 0.5) is 10.5 Å². The van der Waals surface area contributed by atoms with Gasteiger partial charge >= 0.3 is 6.09 Å². The topological polar surface area (TPSA) is 104 Å². The summed E-state index contributed by atoms with van der Waals surface area (Å²) in [6, 6.07) is 22.3. The van der Waals surface area contributed by atoms with Gasteiger partial charge in [-0.1, -0.05) is 0 Å². The number of nitriles is 2. The molecule has 0 aliphatic carbocycles. The van der Waals surface area contributed by atoms with E-state index in [1.165, 1.54) is 0 Å². The van der Waals surface area contributed by atoms with Crippen LogP contribution in [-0.4, -0.2) is 11.7 Å². The summed E-state index contributed by atoms with van der Waals surface area (Å²) in [6.07, 6.45) is -0.614. The molecule has 0 unspecified atom stereocenters. The van der Waals surface area contributed by atoms with E-state index in [0.717, 1.165) is 0 Å². The average Bonchev–Trinajstić information content (AvgIpc) is 2.73. The second-order valence-electron chi connectivity index (χ2n) is 7.80. The maximum Gasteiger partial charge on any atom is 0.412 e. The van der Waals surface area contributed by atoms with Crippen LogP contribution in [0.5, 0.6) is 23.0 Å². The molecule has 0 atom stereocenters.